The summed E-state index contributed by atoms with van der Waals surface area (Å²) in [5, 5.41) is 24.0. The van der Waals surface area contributed by atoms with E-state index in [0.29, 0.717) is 11.4 Å². The van der Waals surface area contributed by atoms with Crippen LogP contribution in [0.4, 0.5) is 0 Å². The van der Waals surface area contributed by atoms with Crippen LogP contribution in [0.2, 0.25) is 0 Å². The molecule has 0 saturated heterocycles. The summed E-state index contributed by atoms with van der Waals surface area (Å²) in [5.74, 6) is 0. The number of benzene rings is 7. The Kier molecular flexibility index (Phi) is 5.25. The fourth-order valence-corrected chi connectivity index (χ4v) is 7.27. The maximum absolute atomic E-state index is 4.90. The lowest BCUT2D eigenvalue weighted by molar-refractivity contribution is 1.03. The Bertz CT molecular complexity index is 2760. The van der Waals surface area contributed by atoms with E-state index in [-0.39, 0.29) is 0 Å². The average molecular weight is 585 g/mol. The summed E-state index contributed by atoms with van der Waals surface area (Å²) >= 11 is 0. The zero-order valence-corrected chi connectivity index (χ0v) is 24.6. The molecule has 2 heterocycles. The highest BCUT2D eigenvalue weighted by molar-refractivity contribution is 6.37. The predicted molar refractivity (Wildman–Crippen MR) is 190 cm³/mol. The Morgan fingerprint density at radius 2 is 0.826 bits per heavy atom. The van der Waals surface area contributed by atoms with Gasteiger partial charge in [-0.1, -0.05) is 109 Å². The Hall–Kier alpha value is -6.26. The summed E-state index contributed by atoms with van der Waals surface area (Å²) in [6.45, 7) is 0. The molecule has 0 saturated carbocycles. The second-order valence-electron chi connectivity index (χ2n) is 11.9. The Morgan fingerprint density at radius 1 is 0.304 bits per heavy atom. The fraction of sp³-hybridized carbons (Fsp3) is 0. The molecule has 10 rings (SSSR count). The molecule has 0 fully saturated rings. The third-order valence-corrected chi connectivity index (χ3v) is 9.37. The monoisotopic (exact) mass is 584 g/mol. The van der Waals surface area contributed by atoms with Crippen molar-refractivity contribution in [1.29, 1.82) is 0 Å². The highest BCUT2D eigenvalue weighted by atomic mass is 15.1. The minimum absolute atomic E-state index is 0.690. The van der Waals surface area contributed by atoms with E-state index in [1.165, 1.54) is 64.6 Å². The van der Waals surface area contributed by atoms with Gasteiger partial charge >= 0.3 is 0 Å². The van der Waals surface area contributed by atoms with Crippen LogP contribution < -0.4 is 0 Å². The van der Waals surface area contributed by atoms with Gasteiger partial charge in [0.25, 0.3) is 0 Å². The van der Waals surface area contributed by atoms with E-state index < -0.39 is 0 Å². The van der Waals surface area contributed by atoms with E-state index in [4.69, 9.17) is 9.97 Å². The molecule has 4 nitrogen and oxygen atoms in total. The Balaban J connectivity index is 1.21. The van der Waals surface area contributed by atoms with Gasteiger partial charge in [0.1, 0.15) is 11.4 Å². The third-order valence-electron chi connectivity index (χ3n) is 9.37. The molecular weight excluding hydrogens is 560 g/mol. The normalized spacial score (nSPS) is 11.9. The lowest BCUT2D eigenvalue weighted by Crippen LogP contribution is -1.95. The van der Waals surface area contributed by atoms with Gasteiger partial charge in [0, 0.05) is 11.1 Å². The van der Waals surface area contributed by atoms with Crippen molar-refractivity contribution in [2.45, 2.75) is 0 Å². The molecule has 0 N–H and O–H groups in total. The zero-order chi connectivity index (χ0) is 30.2. The Labute approximate surface area is 264 Å². The topological polar surface area (TPSA) is 51.6 Å². The molecule has 0 aliphatic rings. The molecule has 212 valence electrons. The number of hydrogen-bond donors (Lipinski definition) is 0. The van der Waals surface area contributed by atoms with Crippen molar-refractivity contribution in [3.05, 3.63) is 146 Å². The molecule has 0 atom stereocenters. The van der Waals surface area contributed by atoms with Gasteiger partial charge in [-0.3, -0.25) is 9.97 Å². The number of rotatable bonds is 3. The van der Waals surface area contributed by atoms with Crippen LogP contribution in [0.5, 0.6) is 0 Å². The molecule has 8 aromatic carbocycles. The van der Waals surface area contributed by atoms with E-state index in [1.54, 1.807) is 6.20 Å². The molecule has 0 aliphatic heterocycles. The predicted octanol–water partition coefficient (Wildman–Crippen LogP) is 10.6. The molecule has 0 unspecified atom stereocenters. The molecule has 0 amide bonds. The van der Waals surface area contributed by atoms with Crippen LogP contribution in [-0.4, -0.2) is 20.2 Å². The largest absolute Gasteiger partial charge is 0.252 e. The Morgan fingerprint density at radius 3 is 1.41 bits per heavy atom. The SMILES string of the molecule is c1ccc(-c2ccc(-c3cnc(-c4cc5ccc6cccc7c8cccc9ccc%10cccc(c(c4)c5c67)c%10c98)cn3)nn2)cc1. The first-order valence-electron chi connectivity index (χ1n) is 15.5. The van der Waals surface area contributed by atoms with Crippen molar-refractivity contribution in [3.8, 4) is 33.9 Å². The quantitative estimate of drug-likeness (QED) is 0.194. The van der Waals surface area contributed by atoms with E-state index in [1.807, 2.05) is 48.7 Å². The maximum atomic E-state index is 4.90. The van der Waals surface area contributed by atoms with E-state index in [0.717, 1.165) is 22.5 Å². The van der Waals surface area contributed by atoms with Crippen molar-refractivity contribution in [1.82, 2.24) is 20.2 Å². The smallest absolute Gasteiger partial charge is 0.113 e. The summed E-state index contributed by atoms with van der Waals surface area (Å²) in [7, 11) is 0. The van der Waals surface area contributed by atoms with Crippen LogP contribution in [0.25, 0.3) is 98.5 Å². The molecule has 46 heavy (non-hydrogen) atoms. The van der Waals surface area contributed by atoms with Crippen molar-refractivity contribution in [2.75, 3.05) is 0 Å². The standard InChI is InChI=1S/C42H24N4/c1-2-7-25(8-3-1)35-19-20-36(46-45-35)38-24-43-37(23-44-38)30-21-29-18-17-28-10-5-13-32-31-12-4-9-26-15-16-27-11-6-14-33(41(27)39(26)31)34(22-30)42(29)40(28)32/h1-24H. The van der Waals surface area contributed by atoms with Gasteiger partial charge in [-0.05, 0) is 88.9 Å². The van der Waals surface area contributed by atoms with Gasteiger partial charge in [0.15, 0.2) is 0 Å². The summed E-state index contributed by atoms with van der Waals surface area (Å²) < 4.78 is 0. The number of nitrogens with zero attached hydrogens (tertiary/aromatic N) is 4. The molecule has 10 aromatic rings. The zero-order valence-electron chi connectivity index (χ0n) is 24.6. The van der Waals surface area contributed by atoms with Crippen LogP contribution in [0, 0.1) is 0 Å². The van der Waals surface area contributed by atoms with Gasteiger partial charge in [-0.25, -0.2) is 0 Å². The van der Waals surface area contributed by atoms with E-state index in [9.17, 15) is 0 Å². The minimum Gasteiger partial charge on any atom is -0.252 e. The van der Waals surface area contributed by atoms with Crippen LogP contribution in [0.15, 0.2) is 146 Å². The average Bonchev–Trinajstić information content (AvgIpc) is 3.13. The molecule has 4 heteroatoms. The summed E-state index contributed by atoms with van der Waals surface area (Å²) in [6, 6.07) is 47.6. The van der Waals surface area contributed by atoms with Gasteiger partial charge in [0.05, 0.1) is 23.8 Å². The first-order chi connectivity index (χ1) is 22.8. The highest BCUT2D eigenvalue weighted by Crippen LogP contribution is 2.44. The molecule has 0 bridgehead atoms. The van der Waals surface area contributed by atoms with Gasteiger partial charge < -0.3 is 0 Å². The van der Waals surface area contributed by atoms with Crippen molar-refractivity contribution < 1.29 is 0 Å². The number of aromatic nitrogens is 4. The lowest BCUT2D eigenvalue weighted by Gasteiger charge is -2.16. The second-order valence-corrected chi connectivity index (χ2v) is 11.9. The minimum atomic E-state index is 0.690. The second kappa shape index (κ2) is 9.62. The van der Waals surface area contributed by atoms with Crippen LogP contribution in [0.3, 0.4) is 0 Å². The molecule has 2 aromatic heterocycles. The summed E-state index contributed by atoms with van der Waals surface area (Å²) in [5.41, 5.74) is 5.09. The summed E-state index contributed by atoms with van der Waals surface area (Å²) in [6.07, 6.45) is 3.65. The first-order valence-corrected chi connectivity index (χ1v) is 15.5. The molecular formula is C42H24N4. The summed E-state index contributed by atoms with van der Waals surface area (Å²) in [4.78, 5) is 9.69. The number of hydrogen-bond acceptors (Lipinski definition) is 4. The van der Waals surface area contributed by atoms with Crippen LogP contribution >= 0.6 is 0 Å². The number of fused-ring (bicyclic) bond motifs is 2. The molecule has 0 radical (unpaired) electrons. The van der Waals surface area contributed by atoms with Gasteiger partial charge in [-0.2, -0.15) is 0 Å². The van der Waals surface area contributed by atoms with Crippen LogP contribution in [0.1, 0.15) is 0 Å². The van der Waals surface area contributed by atoms with Gasteiger partial charge in [0.2, 0.25) is 0 Å². The highest BCUT2D eigenvalue weighted by Gasteiger charge is 2.16. The maximum Gasteiger partial charge on any atom is 0.113 e. The van der Waals surface area contributed by atoms with Crippen molar-refractivity contribution in [2.24, 2.45) is 0 Å². The van der Waals surface area contributed by atoms with Crippen molar-refractivity contribution >= 4 is 64.6 Å². The fourth-order valence-electron chi connectivity index (χ4n) is 7.27. The molecule has 0 aliphatic carbocycles. The third kappa shape index (κ3) is 3.67. The van der Waals surface area contributed by atoms with Gasteiger partial charge in [-0.15, -0.1) is 10.2 Å². The lowest BCUT2D eigenvalue weighted by atomic mass is 9.87. The first kappa shape index (κ1) is 25.1. The van der Waals surface area contributed by atoms with E-state index >= 15 is 0 Å². The van der Waals surface area contributed by atoms with E-state index in [2.05, 4.69) is 101 Å². The van der Waals surface area contributed by atoms with Crippen molar-refractivity contribution in [3.63, 3.8) is 0 Å². The molecule has 0 spiro atoms. The van der Waals surface area contributed by atoms with Crippen LogP contribution in [-0.2, 0) is 0 Å².